The Kier molecular flexibility index (Phi) is 4.71. The largest absolute Gasteiger partial charge is 0.330 e. The molecule has 0 aliphatic heterocycles. The van der Waals surface area contributed by atoms with Gasteiger partial charge in [0.2, 0.25) is 8.32 Å². The average Bonchev–Trinajstić information content (AvgIpc) is 1.84. The predicted octanol–water partition coefficient (Wildman–Crippen LogP) is 1.72. The first kappa shape index (κ1) is 10.9. The Morgan fingerprint density at radius 1 is 1.36 bits per heavy atom. The molecular formula is C7H19NOSi2. The topological polar surface area (TPSA) is 12.5 Å². The molecule has 0 saturated heterocycles. The van der Waals surface area contributed by atoms with Crippen LogP contribution in [0.15, 0.2) is 12.3 Å². The molecule has 66 valence electrons. The fourth-order valence-corrected chi connectivity index (χ4v) is 3.58. The maximum absolute atomic E-state index is 5.77. The van der Waals surface area contributed by atoms with E-state index in [1.807, 2.05) is 23.9 Å². The van der Waals surface area contributed by atoms with Crippen molar-refractivity contribution in [3.8, 4) is 0 Å². The van der Waals surface area contributed by atoms with Gasteiger partial charge in [-0.3, -0.25) is 0 Å². The van der Waals surface area contributed by atoms with E-state index in [1.54, 1.807) is 0 Å². The van der Waals surface area contributed by atoms with Crippen LogP contribution in [0.5, 0.6) is 0 Å². The molecule has 0 fully saturated rings. The minimum absolute atomic E-state index is 0.204. The molecule has 0 heterocycles. The Morgan fingerprint density at radius 2 is 1.91 bits per heavy atom. The maximum atomic E-state index is 5.77. The van der Waals surface area contributed by atoms with E-state index in [2.05, 4.69) is 26.2 Å². The summed E-state index contributed by atoms with van der Waals surface area (Å²) in [4.78, 5) is 0. The van der Waals surface area contributed by atoms with Gasteiger partial charge in [0.15, 0.2) is 9.68 Å². The van der Waals surface area contributed by atoms with Crippen LogP contribution in [0.4, 0.5) is 0 Å². The standard InChI is InChI=1S/C7H19NOSi2/c1-6-7-8(10-2)9-11(3,4)5/h6-7H,10H2,1-5H3. The van der Waals surface area contributed by atoms with Gasteiger partial charge in [-0.15, -0.1) is 0 Å². The molecule has 0 amide bonds. The summed E-state index contributed by atoms with van der Waals surface area (Å²) in [7, 11) is -1.57. The molecule has 0 N–H and O–H groups in total. The molecule has 0 unspecified atom stereocenters. The number of hydroxylamine groups is 1. The highest BCUT2D eigenvalue weighted by Gasteiger charge is 2.17. The van der Waals surface area contributed by atoms with Crippen LogP contribution in [0.1, 0.15) is 6.92 Å². The van der Waals surface area contributed by atoms with Crippen LogP contribution < -0.4 is 0 Å². The van der Waals surface area contributed by atoms with Crippen LogP contribution in [-0.2, 0) is 4.53 Å². The summed E-state index contributed by atoms with van der Waals surface area (Å²) in [6, 6.07) is 0. The Balaban J connectivity index is 3.88. The first-order chi connectivity index (χ1) is 4.99. The molecule has 0 spiro atoms. The number of rotatable bonds is 4. The Hall–Kier alpha value is -0.0662. The van der Waals surface area contributed by atoms with Crippen LogP contribution in [-0.4, -0.2) is 22.7 Å². The van der Waals surface area contributed by atoms with Gasteiger partial charge >= 0.3 is 0 Å². The molecule has 0 rings (SSSR count). The molecule has 0 aliphatic rings. The zero-order valence-corrected chi connectivity index (χ0v) is 10.6. The van der Waals surface area contributed by atoms with Gasteiger partial charge < -0.3 is 9.26 Å². The average molecular weight is 189 g/mol. The molecule has 0 aliphatic carbocycles. The van der Waals surface area contributed by atoms with Gasteiger partial charge in [0, 0.05) is 6.20 Å². The second-order valence-electron chi connectivity index (χ2n) is 3.42. The lowest BCUT2D eigenvalue weighted by atomic mass is 10.7. The molecule has 0 bridgehead atoms. The van der Waals surface area contributed by atoms with Crippen molar-refractivity contribution in [1.29, 1.82) is 0 Å². The van der Waals surface area contributed by atoms with Gasteiger partial charge in [-0.05, 0) is 26.6 Å². The van der Waals surface area contributed by atoms with E-state index < -0.39 is 8.32 Å². The van der Waals surface area contributed by atoms with Crippen LogP contribution >= 0.6 is 0 Å². The van der Waals surface area contributed by atoms with Gasteiger partial charge in [-0.2, -0.15) is 0 Å². The summed E-state index contributed by atoms with van der Waals surface area (Å²) in [5.74, 6) is 0. The third-order valence-corrected chi connectivity index (χ3v) is 3.02. The van der Waals surface area contributed by atoms with Crippen LogP contribution in [0.2, 0.25) is 26.2 Å². The molecule has 4 heteroatoms. The van der Waals surface area contributed by atoms with E-state index >= 15 is 0 Å². The zero-order chi connectivity index (χ0) is 8.91. The molecule has 2 nitrogen and oxygen atoms in total. The smallest absolute Gasteiger partial charge is 0.219 e. The third kappa shape index (κ3) is 6.34. The quantitative estimate of drug-likeness (QED) is 0.493. The highest BCUT2D eigenvalue weighted by Crippen LogP contribution is 2.05. The fourth-order valence-electron chi connectivity index (χ4n) is 0.718. The van der Waals surface area contributed by atoms with Gasteiger partial charge in [0.05, 0.1) is 0 Å². The molecule has 0 atom stereocenters. The van der Waals surface area contributed by atoms with Crippen molar-refractivity contribution in [3.63, 3.8) is 0 Å². The van der Waals surface area contributed by atoms with Crippen molar-refractivity contribution in [2.24, 2.45) is 0 Å². The van der Waals surface area contributed by atoms with Crippen LogP contribution in [0, 0.1) is 0 Å². The number of allylic oxidation sites excluding steroid dienone is 1. The van der Waals surface area contributed by atoms with E-state index in [0.29, 0.717) is 0 Å². The van der Waals surface area contributed by atoms with Crippen molar-refractivity contribution < 1.29 is 4.53 Å². The lowest BCUT2D eigenvalue weighted by molar-refractivity contribution is 0.0767. The van der Waals surface area contributed by atoms with Gasteiger partial charge in [-0.1, -0.05) is 12.6 Å². The second-order valence-corrected chi connectivity index (χ2v) is 9.08. The maximum Gasteiger partial charge on any atom is 0.219 e. The van der Waals surface area contributed by atoms with E-state index in [1.165, 1.54) is 0 Å². The van der Waals surface area contributed by atoms with E-state index in [9.17, 15) is 0 Å². The van der Waals surface area contributed by atoms with Crippen molar-refractivity contribution in [1.82, 2.24) is 4.73 Å². The number of hydrogen-bond acceptors (Lipinski definition) is 2. The molecule has 0 aromatic carbocycles. The monoisotopic (exact) mass is 189 g/mol. The summed E-state index contributed by atoms with van der Waals surface area (Å²) in [5, 5.41) is 0. The van der Waals surface area contributed by atoms with E-state index in [-0.39, 0.29) is 9.68 Å². The Labute approximate surface area is 73.2 Å². The summed E-state index contributed by atoms with van der Waals surface area (Å²) < 4.78 is 7.81. The highest BCUT2D eigenvalue weighted by molar-refractivity contribution is 6.69. The molecule has 0 aromatic heterocycles. The van der Waals surface area contributed by atoms with Crippen LogP contribution in [0.3, 0.4) is 0 Å². The SMILES string of the molecule is CC=CN(O[Si](C)(C)C)[SiH2]C. The summed E-state index contributed by atoms with van der Waals surface area (Å²) >= 11 is 0. The first-order valence-corrected chi connectivity index (χ1v) is 9.53. The van der Waals surface area contributed by atoms with E-state index in [0.717, 1.165) is 0 Å². The first-order valence-electron chi connectivity index (χ1n) is 4.08. The summed E-state index contributed by atoms with van der Waals surface area (Å²) in [6.07, 6.45) is 4.06. The van der Waals surface area contributed by atoms with Gasteiger partial charge in [-0.25, -0.2) is 0 Å². The number of nitrogens with zero attached hydrogens (tertiary/aromatic N) is 1. The predicted molar refractivity (Wildman–Crippen MR) is 55.5 cm³/mol. The number of hydrogen-bond donors (Lipinski definition) is 0. The van der Waals surface area contributed by atoms with Crippen molar-refractivity contribution in [2.45, 2.75) is 33.1 Å². The van der Waals surface area contributed by atoms with Gasteiger partial charge in [0.1, 0.15) is 0 Å². The van der Waals surface area contributed by atoms with Crippen molar-refractivity contribution in [3.05, 3.63) is 12.3 Å². The molecule has 0 aromatic rings. The minimum atomic E-state index is -1.37. The molecule has 0 saturated carbocycles. The normalized spacial score (nSPS) is 13.5. The van der Waals surface area contributed by atoms with Gasteiger partial charge in [0.25, 0.3) is 0 Å². The van der Waals surface area contributed by atoms with Crippen LogP contribution in [0.25, 0.3) is 0 Å². The Morgan fingerprint density at radius 3 is 2.18 bits per heavy atom. The third-order valence-electron chi connectivity index (χ3n) is 1.02. The molecule has 11 heavy (non-hydrogen) atoms. The zero-order valence-electron chi connectivity index (χ0n) is 8.22. The lowest BCUT2D eigenvalue weighted by Crippen LogP contribution is -2.35. The minimum Gasteiger partial charge on any atom is -0.330 e. The lowest BCUT2D eigenvalue weighted by Gasteiger charge is -2.27. The van der Waals surface area contributed by atoms with Crippen molar-refractivity contribution in [2.75, 3.05) is 0 Å². The molecular weight excluding hydrogens is 170 g/mol. The Bertz CT molecular complexity index is 131. The second kappa shape index (κ2) is 4.74. The van der Waals surface area contributed by atoms with Crippen molar-refractivity contribution >= 4 is 18.0 Å². The fraction of sp³-hybridized carbons (Fsp3) is 0.714. The highest BCUT2D eigenvalue weighted by atomic mass is 28.4. The summed E-state index contributed by atoms with van der Waals surface area (Å²) in [6.45, 7) is 10.8. The molecule has 0 radical (unpaired) electrons. The summed E-state index contributed by atoms with van der Waals surface area (Å²) in [5.41, 5.74) is 0. The van der Waals surface area contributed by atoms with E-state index in [4.69, 9.17) is 4.53 Å².